The summed E-state index contributed by atoms with van der Waals surface area (Å²) >= 11 is 3.00. The topological polar surface area (TPSA) is 83.1 Å². The van der Waals surface area contributed by atoms with Gasteiger partial charge in [0, 0.05) is 29.2 Å². The van der Waals surface area contributed by atoms with Crippen LogP contribution in [-0.2, 0) is 4.79 Å². The van der Waals surface area contributed by atoms with Gasteiger partial charge in [-0.15, -0.1) is 11.3 Å². The normalized spacial score (nSPS) is 11.5. The molecule has 3 aromatic rings. The zero-order valence-electron chi connectivity index (χ0n) is 16.8. The summed E-state index contributed by atoms with van der Waals surface area (Å²) in [5, 5.41) is 11.1. The predicted molar refractivity (Wildman–Crippen MR) is 126 cm³/mol. The van der Waals surface area contributed by atoms with Crippen LogP contribution in [-0.4, -0.2) is 41.9 Å². The highest BCUT2D eigenvalue weighted by Crippen LogP contribution is 2.24. The molecule has 30 heavy (non-hydrogen) atoms. The van der Waals surface area contributed by atoms with E-state index in [2.05, 4.69) is 20.9 Å². The molecule has 6 nitrogen and oxygen atoms in total. The van der Waals surface area contributed by atoms with Crippen LogP contribution in [0.2, 0.25) is 0 Å². The van der Waals surface area contributed by atoms with Crippen LogP contribution in [0.4, 0.5) is 10.8 Å². The Balaban J connectivity index is 1.67. The lowest BCUT2D eigenvalue weighted by atomic mass is 10.1. The molecule has 1 atom stereocenters. The third-order valence-corrected chi connectivity index (χ3v) is 5.87. The Morgan fingerprint density at radius 2 is 1.83 bits per heavy atom. The van der Waals surface area contributed by atoms with Crippen molar-refractivity contribution < 1.29 is 9.59 Å². The van der Waals surface area contributed by atoms with Crippen LogP contribution in [0.1, 0.15) is 16.8 Å². The third-order valence-electron chi connectivity index (χ3n) is 4.47. The Kier molecular flexibility index (Phi) is 7.87. The number of thiazole rings is 1. The third kappa shape index (κ3) is 5.84. The first-order valence-corrected chi connectivity index (χ1v) is 11.8. The summed E-state index contributed by atoms with van der Waals surface area (Å²) < 4.78 is 0. The second-order valence-electron chi connectivity index (χ2n) is 6.53. The summed E-state index contributed by atoms with van der Waals surface area (Å²) in [4.78, 5) is 30.0. The van der Waals surface area contributed by atoms with E-state index in [1.165, 1.54) is 11.3 Å². The molecule has 0 aliphatic carbocycles. The van der Waals surface area contributed by atoms with Crippen molar-refractivity contribution in [2.24, 2.45) is 0 Å². The highest BCUT2D eigenvalue weighted by atomic mass is 32.2. The fourth-order valence-corrected chi connectivity index (χ4v) is 3.99. The Morgan fingerprint density at radius 3 is 2.50 bits per heavy atom. The Labute approximate surface area is 184 Å². The maximum absolute atomic E-state index is 12.9. The van der Waals surface area contributed by atoms with Crippen molar-refractivity contribution in [3.8, 4) is 11.3 Å². The van der Waals surface area contributed by atoms with Crippen molar-refractivity contribution in [3.05, 3.63) is 65.5 Å². The average molecular weight is 441 g/mol. The molecular weight excluding hydrogens is 416 g/mol. The highest BCUT2D eigenvalue weighted by Gasteiger charge is 2.22. The quantitative estimate of drug-likeness (QED) is 0.461. The van der Waals surface area contributed by atoms with Gasteiger partial charge in [0.2, 0.25) is 5.91 Å². The molecule has 0 aliphatic heterocycles. The van der Waals surface area contributed by atoms with E-state index in [0.717, 1.165) is 22.7 Å². The molecule has 1 aromatic heterocycles. The number of rotatable bonds is 9. The number of hydrogen-bond acceptors (Lipinski definition) is 6. The number of benzene rings is 2. The van der Waals surface area contributed by atoms with Crippen LogP contribution in [0.3, 0.4) is 0 Å². The number of carbonyl (C=O) groups excluding carboxylic acids is 2. The lowest BCUT2D eigenvalue weighted by Gasteiger charge is -2.17. The van der Waals surface area contributed by atoms with Crippen molar-refractivity contribution in [1.82, 2.24) is 10.3 Å². The second kappa shape index (κ2) is 10.8. The summed E-state index contributed by atoms with van der Waals surface area (Å²) in [7, 11) is 1.82. The number of nitrogens with zero attached hydrogens (tertiary/aromatic N) is 1. The van der Waals surface area contributed by atoms with Gasteiger partial charge in [-0.25, -0.2) is 4.98 Å². The number of aromatic nitrogens is 1. The van der Waals surface area contributed by atoms with Crippen LogP contribution in [0.25, 0.3) is 11.3 Å². The number of carbonyl (C=O) groups is 2. The van der Waals surface area contributed by atoms with E-state index in [4.69, 9.17) is 0 Å². The van der Waals surface area contributed by atoms with E-state index in [0.29, 0.717) is 17.1 Å². The van der Waals surface area contributed by atoms with E-state index in [9.17, 15) is 9.59 Å². The number of amides is 2. The molecule has 2 aromatic carbocycles. The van der Waals surface area contributed by atoms with Gasteiger partial charge in [0.25, 0.3) is 5.91 Å². The molecule has 0 saturated carbocycles. The largest absolute Gasteiger partial charge is 0.388 e. The van der Waals surface area contributed by atoms with Crippen LogP contribution in [0, 0.1) is 0 Å². The highest BCUT2D eigenvalue weighted by molar-refractivity contribution is 7.98. The summed E-state index contributed by atoms with van der Waals surface area (Å²) in [5.41, 5.74) is 3.23. The van der Waals surface area contributed by atoms with E-state index in [1.807, 2.05) is 61.1 Å². The van der Waals surface area contributed by atoms with E-state index < -0.39 is 6.04 Å². The van der Waals surface area contributed by atoms with Crippen molar-refractivity contribution in [2.75, 3.05) is 29.7 Å². The Morgan fingerprint density at radius 1 is 1.10 bits per heavy atom. The van der Waals surface area contributed by atoms with Gasteiger partial charge in [-0.05, 0) is 42.7 Å². The number of anilines is 2. The summed E-state index contributed by atoms with van der Waals surface area (Å²) in [6.45, 7) is 0. The lowest BCUT2D eigenvalue weighted by Crippen LogP contribution is -2.44. The van der Waals surface area contributed by atoms with Gasteiger partial charge in [-0.3, -0.25) is 9.59 Å². The zero-order valence-corrected chi connectivity index (χ0v) is 18.5. The van der Waals surface area contributed by atoms with Crippen LogP contribution in [0.5, 0.6) is 0 Å². The molecular formula is C22H24N4O2S2. The van der Waals surface area contributed by atoms with Gasteiger partial charge < -0.3 is 16.0 Å². The average Bonchev–Trinajstić information content (AvgIpc) is 3.25. The molecule has 3 rings (SSSR count). The molecule has 3 N–H and O–H groups in total. The molecule has 8 heteroatoms. The molecule has 0 radical (unpaired) electrons. The summed E-state index contributed by atoms with van der Waals surface area (Å²) in [6, 6.07) is 16.3. The van der Waals surface area contributed by atoms with Crippen LogP contribution < -0.4 is 16.0 Å². The predicted octanol–water partition coefficient (Wildman–Crippen LogP) is 4.34. The molecule has 2 amide bonds. The van der Waals surface area contributed by atoms with Crippen molar-refractivity contribution in [2.45, 2.75) is 12.5 Å². The minimum Gasteiger partial charge on any atom is -0.388 e. The Bertz CT molecular complexity index is 974. The maximum atomic E-state index is 12.9. The molecule has 0 fully saturated rings. The number of thioether (sulfide) groups is 1. The van der Waals surface area contributed by atoms with E-state index >= 15 is 0 Å². The van der Waals surface area contributed by atoms with Crippen molar-refractivity contribution in [3.63, 3.8) is 0 Å². The maximum Gasteiger partial charge on any atom is 0.251 e. The van der Waals surface area contributed by atoms with Gasteiger partial charge >= 0.3 is 0 Å². The molecule has 0 bridgehead atoms. The van der Waals surface area contributed by atoms with Gasteiger partial charge in [-0.1, -0.05) is 30.3 Å². The molecule has 0 spiro atoms. The first-order chi connectivity index (χ1) is 14.6. The first-order valence-electron chi connectivity index (χ1n) is 9.50. The van der Waals surface area contributed by atoms with Crippen LogP contribution in [0.15, 0.2) is 60.0 Å². The monoisotopic (exact) mass is 440 g/mol. The van der Waals surface area contributed by atoms with Crippen LogP contribution >= 0.6 is 23.1 Å². The van der Waals surface area contributed by atoms with Crippen molar-refractivity contribution in [1.29, 1.82) is 0 Å². The lowest BCUT2D eigenvalue weighted by molar-refractivity contribution is -0.118. The molecule has 156 valence electrons. The molecule has 0 aliphatic rings. The number of hydrogen-bond donors (Lipinski definition) is 3. The Hall–Kier alpha value is -2.84. The van der Waals surface area contributed by atoms with Gasteiger partial charge in [0.15, 0.2) is 5.13 Å². The minimum absolute atomic E-state index is 0.266. The smallest absolute Gasteiger partial charge is 0.251 e. The van der Waals surface area contributed by atoms with E-state index in [1.54, 1.807) is 23.9 Å². The first kappa shape index (κ1) is 21.9. The zero-order chi connectivity index (χ0) is 21.3. The SMILES string of the molecule is CNc1ccc(C(=O)N[C@@H](CCSC)C(=O)Nc2nc(-c3ccccc3)cs2)cc1. The van der Waals surface area contributed by atoms with E-state index in [-0.39, 0.29) is 11.8 Å². The van der Waals surface area contributed by atoms with Gasteiger partial charge in [-0.2, -0.15) is 11.8 Å². The minimum atomic E-state index is -0.641. The molecule has 0 saturated heterocycles. The van der Waals surface area contributed by atoms with Gasteiger partial charge in [0.05, 0.1) is 5.69 Å². The molecule has 1 heterocycles. The second-order valence-corrected chi connectivity index (χ2v) is 8.37. The fourth-order valence-electron chi connectivity index (χ4n) is 2.80. The van der Waals surface area contributed by atoms with Gasteiger partial charge in [0.1, 0.15) is 6.04 Å². The number of nitrogens with one attached hydrogen (secondary N) is 3. The standard InChI is InChI=1S/C22H24N4O2S2/c1-23-17-10-8-16(9-11-17)20(27)24-18(12-13-29-2)21(28)26-22-25-19(14-30-22)15-6-4-3-5-7-15/h3-11,14,18,23H,12-13H2,1-2H3,(H,24,27)(H,25,26,28)/t18-/m0/s1. The van der Waals surface area contributed by atoms with Crippen molar-refractivity contribution >= 4 is 45.7 Å². The molecule has 0 unspecified atom stereocenters. The fraction of sp³-hybridized carbons (Fsp3) is 0.227. The summed E-state index contributed by atoms with van der Waals surface area (Å²) in [6.07, 6.45) is 2.50. The summed E-state index contributed by atoms with van der Waals surface area (Å²) in [5.74, 6) is 0.214.